The van der Waals surface area contributed by atoms with Crippen LogP contribution in [0.2, 0.25) is 0 Å². The molecule has 3 aromatic rings. The Labute approximate surface area is 134 Å². The quantitative estimate of drug-likeness (QED) is 0.726. The van der Waals surface area contributed by atoms with Crippen LogP contribution in [-0.2, 0) is 0 Å². The smallest absolute Gasteiger partial charge is 0.273 e. The van der Waals surface area contributed by atoms with Gasteiger partial charge >= 0.3 is 0 Å². The van der Waals surface area contributed by atoms with Crippen LogP contribution in [0.25, 0.3) is 10.8 Å². The van der Waals surface area contributed by atoms with Gasteiger partial charge in [0.1, 0.15) is 5.69 Å². The van der Waals surface area contributed by atoms with Crippen LogP contribution in [0.3, 0.4) is 0 Å². The standard InChI is InChI=1S/C19H17N3O/c23-19(18-16-5-2-1-4-14(16)9-12-21-18)22-13-3-6-17(22)15-7-10-20-11-8-15/h1-2,4-5,7-12,17H,3,6,13H2. The highest BCUT2D eigenvalue weighted by atomic mass is 16.2. The molecule has 1 unspecified atom stereocenters. The predicted molar refractivity (Wildman–Crippen MR) is 89.0 cm³/mol. The van der Waals surface area contributed by atoms with Crippen molar-refractivity contribution in [3.05, 3.63) is 72.3 Å². The number of aromatic nitrogens is 2. The number of likely N-dealkylation sites (tertiary alicyclic amines) is 1. The van der Waals surface area contributed by atoms with Crippen molar-refractivity contribution in [1.29, 1.82) is 0 Å². The molecule has 1 saturated heterocycles. The summed E-state index contributed by atoms with van der Waals surface area (Å²) in [5.41, 5.74) is 1.69. The fourth-order valence-corrected chi connectivity index (χ4v) is 3.37. The first-order valence-corrected chi connectivity index (χ1v) is 7.89. The molecular weight excluding hydrogens is 286 g/mol. The summed E-state index contributed by atoms with van der Waals surface area (Å²) in [5, 5.41) is 1.96. The molecular formula is C19H17N3O. The maximum absolute atomic E-state index is 13.1. The second-order valence-electron chi connectivity index (χ2n) is 5.82. The Bertz CT molecular complexity index is 842. The average Bonchev–Trinajstić information content (AvgIpc) is 3.11. The summed E-state index contributed by atoms with van der Waals surface area (Å²) in [6, 6.07) is 13.9. The van der Waals surface area contributed by atoms with Crippen LogP contribution >= 0.6 is 0 Å². The SMILES string of the molecule is O=C(c1nccc2ccccc12)N1CCCC1c1ccncc1. The van der Waals surface area contributed by atoms with E-state index in [9.17, 15) is 4.79 Å². The zero-order valence-electron chi connectivity index (χ0n) is 12.7. The van der Waals surface area contributed by atoms with Crippen molar-refractivity contribution in [2.75, 3.05) is 6.54 Å². The van der Waals surface area contributed by atoms with Crippen LogP contribution < -0.4 is 0 Å². The minimum Gasteiger partial charge on any atom is -0.330 e. The molecule has 0 spiro atoms. The van der Waals surface area contributed by atoms with Gasteiger partial charge in [0.15, 0.2) is 0 Å². The van der Waals surface area contributed by atoms with Gasteiger partial charge in [0, 0.05) is 30.5 Å². The molecule has 1 aromatic carbocycles. The second kappa shape index (κ2) is 5.80. The molecule has 0 aliphatic carbocycles. The van der Waals surface area contributed by atoms with Gasteiger partial charge < -0.3 is 4.90 Å². The number of amides is 1. The van der Waals surface area contributed by atoms with Gasteiger partial charge in [-0.1, -0.05) is 24.3 Å². The lowest BCUT2D eigenvalue weighted by Crippen LogP contribution is -2.31. The van der Waals surface area contributed by atoms with E-state index in [2.05, 4.69) is 9.97 Å². The molecule has 1 atom stereocenters. The molecule has 0 radical (unpaired) electrons. The number of rotatable bonds is 2. The third-order valence-electron chi connectivity index (χ3n) is 4.48. The van der Waals surface area contributed by atoms with Crippen LogP contribution in [0.5, 0.6) is 0 Å². The number of nitrogens with zero attached hydrogens (tertiary/aromatic N) is 3. The van der Waals surface area contributed by atoms with Crippen molar-refractivity contribution in [2.45, 2.75) is 18.9 Å². The molecule has 2 aromatic heterocycles. The minimum absolute atomic E-state index is 0.0149. The lowest BCUT2D eigenvalue weighted by Gasteiger charge is -2.25. The van der Waals surface area contributed by atoms with Crippen LogP contribution in [0.4, 0.5) is 0 Å². The predicted octanol–water partition coefficient (Wildman–Crippen LogP) is 3.61. The van der Waals surface area contributed by atoms with E-state index >= 15 is 0 Å². The number of carbonyl (C=O) groups excluding carboxylic acids is 1. The topological polar surface area (TPSA) is 46.1 Å². The molecule has 3 heterocycles. The fraction of sp³-hybridized carbons (Fsp3) is 0.211. The summed E-state index contributed by atoms with van der Waals surface area (Å²) < 4.78 is 0. The van der Waals surface area contributed by atoms with Gasteiger partial charge in [0.05, 0.1) is 6.04 Å². The van der Waals surface area contributed by atoms with Gasteiger partial charge in [-0.05, 0) is 42.0 Å². The number of carbonyl (C=O) groups is 1. The van der Waals surface area contributed by atoms with Crippen LogP contribution in [-0.4, -0.2) is 27.3 Å². The van der Waals surface area contributed by atoms with E-state index in [0.29, 0.717) is 5.69 Å². The van der Waals surface area contributed by atoms with E-state index in [-0.39, 0.29) is 11.9 Å². The van der Waals surface area contributed by atoms with E-state index in [0.717, 1.165) is 35.7 Å². The zero-order chi connectivity index (χ0) is 15.6. The molecule has 23 heavy (non-hydrogen) atoms. The Morgan fingerprint density at radius 2 is 1.87 bits per heavy atom. The van der Waals surface area contributed by atoms with Crippen molar-refractivity contribution in [1.82, 2.24) is 14.9 Å². The highest BCUT2D eigenvalue weighted by molar-refractivity contribution is 6.05. The Balaban J connectivity index is 1.73. The largest absolute Gasteiger partial charge is 0.330 e. The Hall–Kier alpha value is -2.75. The minimum atomic E-state index is 0.0149. The number of pyridine rings is 2. The third-order valence-corrected chi connectivity index (χ3v) is 4.48. The van der Waals surface area contributed by atoms with E-state index in [1.165, 1.54) is 0 Å². The van der Waals surface area contributed by atoms with E-state index in [4.69, 9.17) is 0 Å². The second-order valence-corrected chi connectivity index (χ2v) is 5.82. The first-order valence-electron chi connectivity index (χ1n) is 7.89. The summed E-state index contributed by atoms with van der Waals surface area (Å²) in [4.78, 5) is 23.5. The van der Waals surface area contributed by atoms with Gasteiger partial charge in [-0.25, -0.2) is 0 Å². The Morgan fingerprint density at radius 3 is 2.74 bits per heavy atom. The van der Waals surface area contributed by atoms with Crippen molar-refractivity contribution in [2.24, 2.45) is 0 Å². The first kappa shape index (κ1) is 13.9. The molecule has 1 fully saturated rings. The van der Waals surface area contributed by atoms with Crippen LogP contribution in [0.15, 0.2) is 61.1 Å². The van der Waals surface area contributed by atoms with Crippen LogP contribution in [0, 0.1) is 0 Å². The van der Waals surface area contributed by atoms with Gasteiger partial charge in [0.25, 0.3) is 5.91 Å². The monoisotopic (exact) mass is 303 g/mol. The zero-order valence-corrected chi connectivity index (χ0v) is 12.7. The lowest BCUT2D eigenvalue weighted by atomic mass is 10.0. The average molecular weight is 303 g/mol. The lowest BCUT2D eigenvalue weighted by molar-refractivity contribution is 0.0732. The van der Waals surface area contributed by atoms with Gasteiger partial charge in [-0.2, -0.15) is 0 Å². The molecule has 4 rings (SSSR count). The first-order chi connectivity index (χ1) is 11.3. The molecule has 114 valence electrons. The summed E-state index contributed by atoms with van der Waals surface area (Å²) in [6.45, 7) is 0.775. The van der Waals surface area contributed by atoms with E-state index in [1.807, 2.05) is 47.4 Å². The molecule has 1 amide bonds. The molecule has 0 N–H and O–H groups in total. The number of fused-ring (bicyclic) bond motifs is 1. The van der Waals surface area contributed by atoms with Crippen LogP contribution in [0.1, 0.15) is 34.9 Å². The van der Waals surface area contributed by atoms with E-state index < -0.39 is 0 Å². The molecule has 0 bridgehead atoms. The number of hydrogen-bond acceptors (Lipinski definition) is 3. The maximum atomic E-state index is 13.1. The summed E-state index contributed by atoms with van der Waals surface area (Å²) >= 11 is 0. The van der Waals surface area contributed by atoms with Gasteiger partial charge in [-0.15, -0.1) is 0 Å². The van der Waals surface area contributed by atoms with Crippen molar-refractivity contribution in [3.8, 4) is 0 Å². The molecule has 1 aliphatic rings. The normalized spacial score (nSPS) is 17.6. The maximum Gasteiger partial charge on any atom is 0.273 e. The number of benzene rings is 1. The van der Waals surface area contributed by atoms with Crippen molar-refractivity contribution in [3.63, 3.8) is 0 Å². The van der Waals surface area contributed by atoms with Crippen molar-refractivity contribution >= 4 is 16.7 Å². The van der Waals surface area contributed by atoms with Gasteiger partial charge in [0.2, 0.25) is 0 Å². The van der Waals surface area contributed by atoms with Crippen molar-refractivity contribution < 1.29 is 4.79 Å². The third kappa shape index (κ3) is 2.46. The summed E-state index contributed by atoms with van der Waals surface area (Å²) in [6.07, 6.45) is 7.29. The fourth-order valence-electron chi connectivity index (χ4n) is 3.37. The Kier molecular flexibility index (Phi) is 3.50. The van der Waals surface area contributed by atoms with E-state index in [1.54, 1.807) is 18.6 Å². The summed E-state index contributed by atoms with van der Waals surface area (Å²) in [5.74, 6) is 0.0149. The van der Waals surface area contributed by atoms with Gasteiger partial charge in [-0.3, -0.25) is 14.8 Å². The molecule has 4 heteroatoms. The number of hydrogen-bond donors (Lipinski definition) is 0. The Morgan fingerprint density at radius 1 is 1.04 bits per heavy atom. The molecule has 0 saturated carbocycles. The molecule has 4 nitrogen and oxygen atoms in total. The summed E-state index contributed by atoms with van der Waals surface area (Å²) in [7, 11) is 0. The molecule has 1 aliphatic heterocycles. The highest BCUT2D eigenvalue weighted by Crippen LogP contribution is 2.33. The highest BCUT2D eigenvalue weighted by Gasteiger charge is 2.31.